The van der Waals surface area contributed by atoms with Crippen molar-refractivity contribution in [1.82, 2.24) is 0 Å². The van der Waals surface area contributed by atoms with Crippen LogP contribution in [0.4, 0.5) is 17.1 Å². The van der Waals surface area contributed by atoms with E-state index in [4.69, 9.17) is 8.83 Å². The number of allylic oxidation sites excluding steroid dienone is 2. The van der Waals surface area contributed by atoms with Crippen molar-refractivity contribution < 1.29 is 8.83 Å². The summed E-state index contributed by atoms with van der Waals surface area (Å²) in [6.45, 7) is 4.25. The third-order valence-corrected chi connectivity index (χ3v) is 14.5. The lowest BCUT2D eigenvalue weighted by atomic mass is 9.70. The number of fused-ring (bicyclic) bond motifs is 15. The van der Waals surface area contributed by atoms with Crippen LogP contribution in [0.25, 0.3) is 88.7 Å². The Hall–Kier alpha value is -8.92. The Balaban J connectivity index is 0.992. The van der Waals surface area contributed by atoms with Gasteiger partial charge in [0.05, 0.1) is 17.4 Å². The zero-order valence-corrected chi connectivity index (χ0v) is 37.0. The summed E-state index contributed by atoms with van der Waals surface area (Å²) in [6.07, 6.45) is 5.91. The second-order valence-corrected chi connectivity index (χ2v) is 18.0. The molecule has 0 N–H and O–H groups in total. The maximum absolute atomic E-state index is 6.90. The van der Waals surface area contributed by atoms with Gasteiger partial charge < -0.3 is 13.7 Å². The molecule has 1 spiro atoms. The molecule has 0 bridgehead atoms. The fourth-order valence-corrected chi connectivity index (χ4v) is 11.6. The van der Waals surface area contributed by atoms with Gasteiger partial charge in [-0.3, -0.25) is 0 Å². The van der Waals surface area contributed by atoms with Gasteiger partial charge in [-0.2, -0.15) is 0 Å². The minimum Gasteiger partial charge on any atom is -0.464 e. The summed E-state index contributed by atoms with van der Waals surface area (Å²) < 4.78 is 12.8. The summed E-state index contributed by atoms with van der Waals surface area (Å²) in [5, 5.41) is 5.63. The van der Waals surface area contributed by atoms with Crippen LogP contribution in [0.3, 0.4) is 0 Å². The molecule has 0 aliphatic heterocycles. The summed E-state index contributed by atoms with van der Waals surface area (Å²) in [6, 6.07) is 79.4. The molecule has 0 fully saturated rings. The molecule has 0 saturated carbocycles. The second kappa shape index (κ2) is 14.8. The van der Waals surface area contributed by atoms with Gasteiger partial charge in [0, 0.05) is 44.2 Å². The lowest BCUT2D eigenvalue weighted by Gasteiger charge is -2.32. The molecule has 3 nitrogen and oxygen atoms in total. The smallest absolute Gasteiger partial charge is 0.143 e. The van der Waals surface area contributed by atoms with Gasteiger partial charge >= 0.3 is 0 Å². The quantitative estimate of drug-likeness (QED) is 0.150. The van der Waals surface area contributed by atoms with Crippen LogP contribution in [-0.4, -0.2) is 0 Å². The van der Waals surface area contributed by atoms with Crippen molar-refractivity contribution >= 4 is 72.4 Å². The molecular weight excluding hydrogens is 827 g/mol. The Morgan fingerprint density at radius 2 is 1.01 bits per heavy atom. The van der Waals surface area contributed by atoms with Crippen LogP contribution in [0, 0.1) is 0 Å². The lowest BCUT2D eigenvalue weighted by Crippen LogP contribution is -2.26. The Morgan fingerprint density at radius 3 is 1.74 bits per heavy atom. The second-order valence-electron chi connectivity index (χ2n) is 18.0. The van der Waals surface area contributed by atoms with Crippen molar-refractivity contribution in [2.24, 2.45) is 0 Å². The summed E-state index contributed by atoms with van der Waals surface area (Å²) >= 11 is 0. The number of benzene rings is 10. The van der Waals surface area contributed by atoms with Gasteiger partial charge in [-0.15, -0.1) is 0 Å². The molecule has 0 amide bonds. The minimum absolute atomic E-state index is 0.492. The molecule has 14 rings (SSSR count). The van der Waals surface area contributed by atoms with Crippen LogP contribution in [0.2, 0.25) is 0 Å². The maximum Gasteiger partial charge on any atom is 0.143 e. The fourth-order valence-electron chi connectivity index (χ4n) is 11.6. The van der Waals surface area contributed by atoms with Crippen LogP contribution < -0.4 is 4.90 Å². The van der Waals surface area contributed by atoms with Crippen molar-refractivity contribution in [2.45, 2.75) is 5.41 Å². The lowest BCUT2D eigenvalue weighted by molar-refractivity contribution is 0.615. The Bertz CT molecular complexity index is 4000. The van der Waals surface area contributed by atoms with Crippen LogP contribution in [-0.2, 0) is 5.41 Å². The van der Waals surface area contributed by atoms with Crippen LogP contribution >= 0.6 is 0 Å². The third-order valence-electron chi connectivity index (χ3n) is 14.5. The first-order chi connectivity index (χ1) is 33.7. The molecule has 12 aromatic rings. The van der Waals surface area contributed by atoms with Gasteiger partial charge in [-0.1, -0.05) is 183 Å². The predicted molar refractivity (Wildman–Crippen MR) is 282 cm³/mol. The van der Waals surface area contributed by atoms with E-state index >= 15 is 0 Å². The normalized spacial score (nSPS) is 13.3. The minimum atomic E-state index is -0.492. The van der Waals surface area contributed by atoms with E-state index in [1.807, 2.05) is 30.5 Å². The van der Waals surface area contributed by atoms with Crippen LogP contribution in [0.1, 0.15) is 33.4 Å². The summed E-state index contributed by atoms with van der Waals surface area (Å²) in [7, 11) is 0. The van der Waals surface area contributed by atoms with Gasteiger partial charge in [0.25, 0.3) is 0 Å². The molecule has 0 unspecified atom stereocenters. The predicted octanol–water partition coefficient (Wildman–Crippen LogP) is 17.7. The van der Waals surface area contributed by atoms with Gasteiger partial charge in [-0.25, -0.2) is 0 Å². The number of hydrogen-bond donors (Lipinski definition) is 0. The fraction of sp³-hybridized carbons (Fsp3) is 0.0154. The highest BCUT2D eigenvalue weighted by Crippen LogP contribution is 2.63. The standard InChI is InChI=1S/C65H41NO2/c1-2-41(36-45-40-67-62-29-14-9-18-48(45)62)42-30-32-46(33-31-42)66(61-28-13-8-22-53(61)54-23-15-24-55-56-37-43-16-3-4-17-44(43)38-63(56)68-64(54)55)47-34-35-52-51-21-7-12-27-59(51)65(60(52)39-47)57-25-10-5-19-49(57)50-20-6-11-26-58(50)65/h2-40H,1H2/b41-36+. The van der Waals surface area contributed by atoms with Crippen molar-refractivity contribution in [2.75, 3.05) is 4.90 Å². The van der Waals surface area contributed by atoms with E-state index < -0.39 is 5.41 Å². The Morgan fingerprint density at radius 1 is 0.441 bits per heavy atom. The zero-order chi connectivity index (χ0) is 44.9. The molecule has 0 atom stereocenters. The molecule has 2 aliphatic rings. The number of nitrogens with zero attached hydrogens (tertiary/aromatic N) is 1. The Kier molecular flexibility index (Phi) is 8.35. The largest absolute Gasteiger partial charge is 0.464 e. The van der Waals surface area contributed by atoms with E-state index in [-0.39, 0.29) is 0 Å². The monoisotopic (exact) mass is 867 g/mol. The number of hydrogen-bond acceptors (Lipinski definition) is 3. The average molecular weight is 868 g/mol. The molecule has 68 heavy (non-hydrogen) atoms. The number of anilines is 3. The first kappa shape index (κ1) is 38.4. The van der Waals surface area contributed by atoms with Gasteiger partial charge in [0.2, 0.25) is 0 Å². The van der Waals surface area contributed by atoms with E-state index in [9.17, 15) is 0 Å². The van der Waals surface area contributed by atoms with E-state index in [2.05, 4.69) is 218 Å². The first-order valence-electron chi connectivity index (χ1n) is 23.3. The SMILES string of the molecule is C=C/C(=C\c1coc2ccccc12)c1ccc(N(c2ccc3c(c2)C2(c4ccccc4-c4ccccc42)c2ccccc2-3)c2ccccc2-c2cccc3c2oc2cc4ccccc4cc23)cc1. The summed E-state index contributed by atoms with van der Waals surface area (Å²) in [5.74, 6) is 0. The topological polar surface area (TPSA) is 29.5 Å². The highest BCUT2D eigenvalue weighted by Gasteiger charge is 2.51. The van der Waals surface area contributed by atoms with Crippen LogP contribution in [0.15, 0.2) is 246 Å². The average Bonchev–Trinajstić information content (AvgIpc) is 4.14. The molecule has 0 saturated heterocycles. The summed E-state index contributed by atoms with van der Waals surface area (Å²) in [4.78, 5) is 2.43. The molecule has 2 aromatic heterocycles. The zero-order valence-electron chi connectivity index (χ0n) is 37.0. The van der Waals surface area contributed by atoms with Gasteiger partial charge in [0.15, 0.2) is 0 Å². The van der Waals surface area contributed by atoms with E-state index in [0.29, 0.717) is 0 Å². The molecular formula is C65H41NO2. The third kappa shape index (κ3) is 5.47. The molecule has 2 heterocycles. The number of para-hydroxylation sites is 3. The van der Waals surface area contributed by atoms with E-state index in [1.165, 1.54) is 49.9 Å². The highest BCUT2D eigenvalue weighted by atomic mass is 16.3. The van der Waals surface area contributed by atoms with Crippen molar-refractivity contribution in [3.8, 4) is 33.4 Å². The highest BCUT2D eigenvalue weighted by molar-refractivity contribution is 6.14. The van der Waals surface area contributed by atoms with Crippen LogP contribution in [0.5, 0.6) is 0 Å². The number of furan rings is 2. The van der Waals surface area contributed by atoms with E-state index in [0.717, 1.165) is 83.2 Å². The van der Waals surface area contributed by atoms with Crippen molar-refractivity contribution in [1.29, 1.82) is 0 Å². The molecule has 0 radical (unpaired) electrons. The number of rotatable bonds is 7. The molecule has 10 aromatic carbocycles. The van der Waals surface area contributed by atoms with Crippen molar-refractivity contribution in [3.05, 3.63) is 271 Å². The molecule has 3 heteroatoms. The molecule has 2 aliphatic carbocycles. The molecule has 318 valence electrons. The van der Waals surface area contributed by atoms with E-state index in [1.54, 1.807) is 0 Å². The van der Waals surface area contributed by atoms with Crippen molar-refractivity contribution in [3.63, 3.8) is 0 Å². The Labute approximate surface area is 393 Å². The first-order valence-corrected chi connectivity index (χ1v) is 23.3. The maximum atomic E-state index is 6.90. The van der Waals surface area contributed by atoms with Gasteiger partial charge in [0.1, 0.15) is 16.7 Å². The van der Waals surface area contributed by atoms with Gasteiger partial charge in [-0.05, 0) is 121 Å². The summed E-state index contributed by atoms with van der Waals surface area (Å²) in [5.41, 5.74) is 20.8.